The van der Waals surface area contributed by atoms with Crippen LogP contribution in [0.1, 0.15) is 30.7 Å². The zero-order valence-electron chi connectivity index (χ0n) is 12.5. The van der Waals surface area contributed by atoms with Gasteiger partial charge in [-0.1, -0.05) is 6.92 Å². The molecule has 106 valence electrons. The molecule has 0 spiro atoms. The molecule has 0 bridgehead atoms. The molecule has 1 aliphatic rings. The summed E-state index contributed by atoms with van der Waals surface area (Å²) in [6.07, 6.45) is 0. The largest absolute Gasteiger partial charge is 0.352 e. The van der Waals surface area contributed by atoms with E-state index in [1.165, 1.54) is 28.5 Å². The second kappa shape index (κ2) is 6.62. The Morgan fingerprint density at radius 3 is 2.95 bits per heavy atom. The Kier molecular flexibility index (Phi) is 5.11. The van der Waals surface area contributed by atoms with Gasteiger partial charge < -0.3 is 10.2 Å². The molecule has 0 aliphatic carbocycles. The van der Waals surface area contributed by atoms with E-state index in [1.54, 1.807) is 0 Å². The van der Waals surface area contributed by atoms with Crippen LogP contribution >= 0.6 is 11.8 Å². The molecule has 1 aliphatic heterocycles. The minimum atomic E-state index is 0.577. The molecule has 0 saturated carbocycles. The maximum absolute atomic E-state index is 4.84. The third-order valence-corrected chi connectivity index (χ3v) is 4.83. The number of rotatable bonds is 4. The number of nitrogens with zero attached hydrogens (tertiary/aromatic N) is 2. The van der Waals surface area contributed by atoms with E-state index < -0.39 is 0 Å². The summed E-state index contributed by atoms with van der Waals surface area (Å²) in [5, 5.41) is 3.45. The molecule has 1 aromatic rings. The van der Waals surface area contributed by atoms with Crippen molar-refractivity contribution in [2.24, 2.45) is 0 Å². The van der Waals surface area contributed by atoms with Crippen LogP contribution in [-0.4, -0.2) is 35.6 Å². The lowest BCUT2D eigenvalue weighted by atomic mass is 10.1. The predicted molar refractivity (Wildman–Crippen MR) is 85.2 cm³/mol. The van der Waals surface area contributed by atoms with Crippen molar-refractivity contribution in [3.05, 3.63) is 22.9 Å². The molecule has 1 N–H and O–H groups in total. The summed E-state index contributed by atoms with van der Waals surface area (Å²) in [4.78, 5) is 7.33. The van der Waals surface area contributed by atoms with Gasteiger partial charge in [0.15, 0.2) is 0 Å². The molecule has 4 heteroatoms. The monoisotopic (exact) mass is 279 g/mol. The third kappa shape index (κ3) is 3.42. The summed E-state index contributed by atoms with van der Waals surface area (Å²) >= 11 is 2.05. The minimum Gasteiger partial charge on any atom is -0.352 e. The Bertz CT molecular complexity index is 434. The van der Waals surface area contributed by atoms with E-state index >= 15 is 0 Å². The number of aromatic nitrogens is 1. The van der Waals surface area contributed by atoms with Gasteiger partial charge in [0, 0.05) is 41.9 Å². The highest BCUT2D eigenvalue weighted by Crippen LogP contribution is 2.28. The maximum Gasteiger partial charge on any atom is 0.133 e. The second-order valence-corrected chi connectivity index (χ2v) is 6.43. The molecule has 1 aromatic heterocycles. The average Bonchev–Trinajstić information content (AvgIpc) is 2.37. The molecular formula is C15H25N3S. The summed E-state index contributed by atoms with van der Waals surface area (Å²) in [6, 6.07) is 2.77. The molecule has 2 rings (SSSR count). The lowest BCUT2D eigenvalue weighted by molar-refractivity contribution is 0.667. The minimum absolute atomic E-state index is 0.577. The van der Waals surface area contributed by atoms with E-state index in [9.17, 15) is 0 Å². The Labute approximate surface area is 121 Å². The number of aryl methyl sites for hydroxylation is 2. The lowest BCUT2D eigenvalue weighted by Crippen LogP contribution is -2.42. The molecule has 3 nitrogen and oxygen atoms in total. The zero-order valence-corrected chi connectivity index (χ0v) is 13.3. The van der Waals surface area contributed by atoms with E-state index in [0.717, 1.165) is 25.3 Å². The number of anilines is 1. The Morgan fingerprint density at radius 2 is 2.26 bits per heavy atom. The number of hydrogen-bond donors (Lipinski definition) is 1. The van der Waals surface area contributed by atoms with Crippen LogP contribution in [0.15, 0.2) is 6.07 Å². The van der Waals surface area contributed by atoms with Gasteiger partial charge in [-0.05, 0) is 38.9 Å². The topological polar surface area (TPSA) is 28.2 Å². The number of nitrogens with one attached hydrogen (secondary N) is 1. The Hall–Kier alpha value is -0.740. The molecular weight excluding hydrogens is 254 g/mol. The number of pyridine rings is 1. The fraction of sp³-hybridized carbons (Fsp3) is 0.667. The lowest BCUT2D eigenvalue weighted by Gasteiger charge is -2.36. The Morgan fingerprint density at radius 1 is 1.47 bits per heavy atom. The zero-order chi connectivity index (χ0) is 13.8. The standard InChI is InChI=1S/C15H25N3S/c1-5-16-9-14-11(2)8-12(3)17-15(14)18-6-7-19-10-13(18)4/h8,13,16H,5-7,9-10H2,1-4H3. The first kappa shape index (κ1) is 14.7. The van der Waals surface area contributed by atoms with Gasteiger partial charge in [-0.3, -0.25) is 0 Å². The summed E-state index contributed by atoms with van der Waals surface area (Å²) in [6.45, 7) is 11.8. The van der Waals surface area contributed by atoms with Crippen molar-refractivity contribution in [1.29, 1.82) is 0 Å². The fourth-order valence-electron chi connectivity index (χ4n) is 2.59. The molecule has 1 fully saturated rings. The summed E-state index contributed by atoms with van der Waals surface area (Å²) in [5.41, 5.74) is 3.85. The quantitative estimate of drug-likeness (QED) is 0.917. The summed E-state index contributed by atoms with van der Waals surface area (Å²) in [7, 11) is 0. The van der Waals surface area contributed by atoms with Crippen LogP contribution < -0.4 is 10.2 Å². The first-order chi connectivity index (χ1) is 9.13. The smallest absolute Gasteiger partial charge is 0.133 e. The van der Waals surface area contributed by atoms with Crippen LogP contribution in [0, 0.1) is 13.8 Å². The van der Waals surface area contributed by atoms with E-state index in [-0.39, 0.29) is 0 Å². The van der Waals surface area contributed by atoms with Gasteiger partial charge in [-0.2, -0.15) is 11.8 Å². The number of hydrogen-bond acceptors (Lipinski definition) is 4. The van der Waals surface area contributed by atoms with Crippen molar-refractivity contribution in [1.82, 2.24) is 10.3 Å². The number of thioether (sulfide) groups is 1. The molecule has 0 aromatic carbocycles. The molecule has 2 heterocycles. The van der Waals surface area contributed by atoms with E-state index in [1.807, 2.05) is 11.8 Å². The van der Waals surface area contributed by atoms with Gasteiger partial charge in [-0.25, -0.2) is 4.98 Å². The molecule has 1 saturated heterocycles. The predicted octanol–water partition coefficient (Wildman–Crippen LogP) is 2.75. The maximum atomic E-state index is 4.84. The molecule has 1 atom stereocenters. The first-order valence-corrected chi connectivity index (χ1v) is 8.31. The van der Waals surface area contributed by atoms with Crippen LogP contribution in [0.4, 0.5) is 5.82 Å². The SMILES string of the molecule is CCNCc1c(C)cc(C)nc1N1CCSCC1C. The molecule has 19 heavy (non-hydrogen) atoms. The van der Waals surface area contributed by atoms with Gasteiger partial charge in [-0.15, -0.1) is 0 Å². The third-order valence-electron chi connectivity index (χ3n) is 3.65. The highest BCUT2D eigenvalue weighted by atomic mass is 32.2. The van der Waals surface area contributed by atoms with Crippen molar-refractivity contribution in [2.45, 2.75) is 40.3 Å². The van der Waals surface area contributed by atoms with Gasteiger partial charge in [0.25, 0.3) is 0 Å². The first-order valence-electron chi connectivity index (χ1n) is 7.15. The van der Waals surface area contributed by atoms with Gasteiger partial charge in [0.05, 0.1) is 0 Å². The van der Waals surface area contributed by atoms with Crippen molar-refractivity contribution in [3.8, 4) is 0 Å². The van der Waals surface area contributed by atoms with Crippen molar-refractivity contribution in [2.75, 3.05) is 29.5 Å². The highest BCUT2D eigenvalue weighted by molar-refractivity contribution is 7.99. The van der Waals surface area contributed by atoms with Crippen LogP contribution in [0.2, 0.25) is 0 Å². The van der Waals surface area contributed by atoms with Crippen LogP contribution in [0.5, 0.6) is 0 Å². The molecule has 0 radical (unpaired) electrons. The summed E-state index contributed by atoms with van der Waals surface area (Å²) < 4.78 is 0. The van der Waals surface area contributed by atoms with Gasteiger partial charge in [0.1, 0.15) is 5.82 Å². The summed E-state index contributed by atoms with van der Waals surface area (Å²) in [5.74, 6) is 3.61. The van der Waals surface area contributed by atoms with Gasteiger partial charge in [0.2, 0.25) is 0 Å². The normalized spacial score (nSPS) is 19.8. The average molecular weight is 279 g/mol. The molecule has 0 amide bonds. The van der Waals surface area contributed by atoms with E-state index in [4.69, 9.17) is 4.98 Å². The Balaban J connectivity index is 2.35. The van der Waals surface area contributed by atoms with E-state index in [0.29, 0.717) is 6.04 Å². The molecule has 1 unspecified atom stereocenters. The highest BCUT2D eigenvalue weighted by Gasteiger charge is 2.23. The van der Waals surface area contributed by atoms with Gasteiger partial charge >= 0.3 is 0 Å². The van der Waals surface area contributed by atoms with E-state index in [2.05, 4.69) is 44.0 Å². The van der Waals surface area contributed by atoms with Crippen LogP contribution in [-0.2, 0) is 6.54 Å². The van der Waals surface area contributed by atoms with Crippen molar-refractivity contribution < 1.29 is 0 Å². The van der Waals surface area contributed by atoms with Crippen molar-refractivity contribution in [3.63, 3.8) is 0 Å². The van der Waals surface area contributed by atoms with Crippen molar-refractivity contribution >= 4 is 17.6 Å². The van der Waals surface area contributed by atoms with Crippen LogP contribution in [0.3, 0.4) is 0 Å². The fourth-order valence-corrected chi connectivity index (χ4v) is 3.60. The second-order valence-electron chi connectivity index (χ2n) is 5.28. The van der Waals surface area contributed by atoms with Crippen LogP contribution in [0.25, 0.3) is 0 Å².